The molecule has 1 saturated carbocycles. The number of rotatable bonds is 7. The van der Waals surface area contributed by atoms with E-state index in [1.807, 2.05) is 35.2 Å². The van der Waals surface area contributed by atoms with Crippen molar-refractivity contribution in [1.29, 1.82) is 0 Å². The minimum Gasteiger partial charge on any atom is -0.396 e. The summed E-state index contributed by atoms with van der Waals surface area (Å²) >= 11 is 1.75. The van der Waals surface area contributed by atoms with E-state index in [0.29, 0.717) is 24.7 Å². The number of aromatic amines is 1. The van der Waals surface area contributed by atoms with Crippen molar-refractivity contribution in [3.63, 3.8) is 0 Å². The minimum absolute atomic E-state index is 0.0616. The number of aryl methyl sites for hydroxylation is 1. The lowest BCUT2D eigenvalue weighted by atomic mass is 9.98. The third kappa shape index (κ3) is 4.09. The summed E-state index contributed by atoms with van der Waals surface area (Å²) in [5, 5.41) is 11.9. The molecule has 1 aliphatic carbocycles. The highest BCUT2D eigenvalue weighted by Gasteiger charge is 2.27. The highest BCUT2D eigenvalue weighted by Crippen LogP contribution is 2.36. The fraction of sp³-hybridized carbons (Fsp3) is 0.478. The van der Waals surface area contributed by atoms with Crippen LogP contribution in [0.15, 0.2) is 30.3 Å². The third-order valence-electron chi connectivity index (χ3n) is 6.21. The van der Waals surface area contributed by atoms with Crippen LogP contribution in [0.5, 0.6) is 0 Å². The molecule has 0 spiro atoms. The quantitative estimate of drug-likeness (QED) is 0.615. The molecule has 5 rings (SSSR count). The standard InChI is InChI=1S/C23H27N3O2S/c27-14-16(11-15-5-6-15)7-8-22-25-19-9-10-26(13-21(19)29-22)23(28)20-12-17-3-1-2-4-18(17)24-20/h1-4,12,15-16,24,27H,5-11,13-14H2. The zero-order valence-electron chi connectivity index (χ0n) is 16.6. The van der Waals surface area contributed by atoms with Gasteiger partial charge in [0.25, 0.3) is 5.91 Å². The number of nitrogens with one attached hydrogen (secondary N) is 1. The summed E-state index contributed by atoms with van der Waals surface area (Å²) in [6, 6.07) is 9.93. The molecule has 0 saturated heterocycles. The molecule has 1 amide bonds. The van der Waals surface area contributed by atoms with E-state index in [2.05, 4.69) is 4.98 Å². The molecule has 2 aliphatic rings. The van der Waals surface area contributed by atoms with Gasteiger partial charge < -0.3 is 15.0 Å². The number of fused-ring (bicyclic) bond motifs is 2. The molecule has 0 bridgehead atoms. The normalized spacial score (nSPS) is 17.5. The Bertz CT molecular complexity index is 987. The topological polar surface area (TPSA) is 69.2 Å². The van der Waals surface area contributed by atoms with E-state index in [1.54, 1.807) is 11.3 Å². The van der Waals surface area contributed by atoms with E-state index < -0.39 is 0 Å². The smallest absolute Gasteiger partial charge is 0.270 e. The molecule has 1 aromatic carbocycles. The number of nitrogens with zero attached hydrogens (tertiary/aromatic N) is 2. The van der Waals surface area contributed by atoms with Crippen LogP contribution in [-0.4, -0.2) is 39.0 Å². The first-order valence-electron chi connectivity index (χ1n) is 10.6. The molecular weight excluding hydrogens is 382 g/mol. The van der Waals surface area contributed by atoms with Crippen LogP contribution in [0, 0.1) is 11.8 Å². The molecule has 1 fully saturated rings. The Morgan fingerprint density at radius 3 is 3.00 bits per heavy atom. The third-order valence-corrected chi connectivity index (χ3v) is 7.35. The summed E-state index contributed by atoms with van der Waals surface area (Å²) in [4.78, 5) is 24.2. The van der Waals surface area contributed by atoms with Crippen LogP contribution >= 0.6 is 11.3 Å². The monoisotopic (exact) mass is 409 g/mol. The number of H-pyrrole nitrogens is 1. The lowest BCUT2D eigenvalue weighted by molar-refractivity contribution is 0.0731. The number of thiazole rings is 1. The van der Waals surface area contributed by atoms with Crippen molar-refractivity contribution in [2.75, 3.05) is 13.2 Å². The highest BCUT2D eigenvalue weighted by molar-refractivity contribution is 7.11. The van der Waals surface area contributed by atoms with Gasteiger partial charge >= 0.3 is 0 Å². The molecule has 29 heavy (non-hydrogen) atoms. The van der Waals surface area contributed by atoms with Crippen LogP contribution in [0.4, 0.5) is 0 Å². The number of hydrogen-bond acceptors (Lipinski definition) is 4. The molecule has 1 atom stereocenters. The summed E-state index contributed by atoms with van der Waals surface area (Å²) in [7, 11) is 0. The number of aromatic nitrogens is 2. The molecule has 1 unspecified atom stereocenters. The maximum Gasteiger partial charge on any atom is 0.270 e. The summed E-state index contributed by atoms with van der Waals surface area (Å²) in [6.45, 7) is 1.65. The van der Waals surface area contributed by atoms with Crippen LogP contribution in [0.3, 0.4) is 0 Å². The molecular formula is C23H27N3O2S. The first-order valence-corrected chi connectivity index (χ1v) is 11.5. The van der Waals surface area contributed by atoms with Gasteiger partial charge in [0.05, 0.1) is 17.2 Å². The first-order chi connectivity index (χ1) is 14.2. The second-order valence-electron chi connectivity index (χ2n) is 8.49. The number of carbonyl (C=O) groups is 1. The molecule has 3 aromatic rings. The zero-order valence-corrected chi connectivity index (χ0v) is 17.4. The van der Waals surface area contributed by atoms with Crippen molar-refractivity contribution >= 4 is 28.1 Å². The Morgan fingerprint density at radius 2 is 2.21 bits per heavy atom. The van der Waals surface area contributed by atoms with Gasteiger partial charge in [-0.25, -0.2) is 4.98 Å². The van der Waals surface area contributed by atoms with Gasteiger partial charge in [-0.3, -0.25) is 4.79 Å². The maximum absolute atomic E-state index is 13.0. The Kier molecular flexibility index (Phi) is 5.14. The van der Waals surface area contributed by atoms with Crippen LogP contribution in [-0.2, 0) is 19.4 Å². The first kappa shape index (κ1) is 18.8. The fourth-order valence-corrected chi connectivity index (χ4v) is 5.47. The Hall–Kier alpha value is -2.18. The van der Waals surface area contributed by atoms with E-state index in [-0.39, 0.29) is 12.5 Å². The lowest BCUT2D eigenvalue weighted by Gasteiger charge is -2.25. The van der Waals surface area contributed by atoms with Gasteiger partial charge in [0, 0.05) is 35.4 Å². The summed E-state index contributed by atoms with van der Waals surface area (Å²) in [5.41, 5.74) is 2.82. The van der Waals surface area contributed by atoms with Crippen LogP contribution in [0.2, 0.25) is 0 Å². The summed E-state index contributed by atoms with van der Waals surface area (Å²) < 4.78 is 0. The number of aliphatic hydroxyl groups is 1. The van der Waals surface area contributed by atoms with Gasteiger partial charge in [0.15, 0.2) is 0 Å². The van der Waals surface area contributed by atoms with E-state index >= 15 is 0 Å². The SMILES string of the molecule is O=C(c1cc2ccccc2[nH]1)N1CCc2nc(CCC(CO)CC3CC3)sc2C1. The van der Waals surface area contributed by atoms with Gasteiger partial charge in [-0.05, 0) is 43.2 Å². The molecule has 2 N–H and O–H groups in total. The average molecular weight is 410 g/mol. The second-order valence-corrected chi connectivity index (χ2v) is 9.66. The number of aliphatic hydroxyl groups excluding tert-OH is 1. The van der Waals surface area contributed by atoms with E-state index in [4.69, 9.17) is 4.98 Å². The van der Waals surface area contributed by atoms with Crippen molar-refractivity contribution in [3.8, 4) is 0 Å². The highest BCUT2D eigenvalue weighted by atomic mass is 32.1. The molecule has 6 heteroatoms. The van der Waals surface area contributed by atoms with Gasteiger partial charge in [-0.2, -0.15) is 0 Å². The number of carbonyl (C=O) groups excluding carboxylic acids is 1. The average Bonchev–Trinajstić information content (AvgIpc) is 3.30. The molecule has 152 valence electrons. The van der Waals surface area contributed by atoms with Crippen LogP contribution < -0.4 is 0 Å². The minimum atomic E-state index is 0.0616. The molecule has 0 radical (unpaired) electrons. The second kappa shape index (κ2) is 7.92. The fourth-order valence-electron chi connectivity index (χ4n) is 4.32. The van der Waals surface area contributed by atoms with Crippen molar-refractivity contribution in [2.24, 2.45) is 11.8 Å². The van der Waals surface area contributed by atoms with Crippen molar-refractivity contribution in [1.82, 2.24) is 14.9 Å². The lowest BCUT2D eigenvalue weighted by Crippen LogP contribution is -2.35. The van der Waals surface area contributed by atoms with Crippen LogP contribution in [0.1, 0.15) is 51.8 Å². The largest absolute Gasteiger partial charge is 0.396 e. The summed E-state index contributed by atoms with van der Waals surface area (Å²) in [6.07, 6.45) is 6.60. The predicted molar refractivity (Wildman–Crippen MR) is 115 cm³/mol. The Labute approximate surface area is 174 Å². The van der Waals surface area contributed by atoms with E-state index in [1.165, 1.54) is 17.7 Å². The van der Waals surface area contributed by atoms with Gasteiger partial charge in [-0.1, -0.05) is 31.0 Å². The Balaban J connectivity index is 1.24. The molecule has 5 nitrogen and oxygen atoms in total. The number of amides is 1. The van der Waals surface area contributed by atoms with E-state index in [0.717, 1.165) is 53.2 Å². The zero-order chi connectivity index (χ0) is 19.8. The van der Waals surface area contributed by atoms with Crippen molar-refractivity contribution < 1.29 is 9.90 Å². The number of hydrogen-bond donors (Lipinski definition) is 2. The molecule has 1 aliphatic heterocycles. The van der Waals surface area contributed by atoms with Crippen molar-refractivity contribution in [3.05, 3.63) is 51.6 Å². The van der Waals surface area contributed by atoms with E-state index in [9.17, 15) is 9.90 Å². The van der Waals surface area contributed by atoms with Gasteiger partial charge in [-0.15, -0.1) is 11.3 Å². The Morgan fingerprint density at radius 1 is 1.34 bits per heavy atom. The number of benzene rings is 1. The molecule has 2 aromatic heterocycles. The van der Waals surface area contributed by atoms with Gasteiger partial charge in [0.1, 0.15) is 5.69 Å². The van der Waals surface area contributed by atoms with Crippen LogP contribution in [0.25, 0.3) is 10.9 Å². The van der Waals surface area contributed by atoms with Gasteiger partial charge in [0.2, 0.25) is 0 Å². The molecule has 3 heterocycles. The predicted octanol–water partition coefficient (Wildman–Crippen LogP) is 4.16. The van der Waals surface area contributed by atoms with Crippen molar-refractivity contribution in [2.45, 2.75) is 45.1 Å². The number of para-hydroxylation sites is 1. The maximum atomic E-state index is 13.0. The summed E-state index contributed by atoms with van der Waals surface area (Å²) in [5.74, 6) is 1.32.